The molecule has 0 unspecified atom stereocenters. The number of alkyl halides is 1. The second-order valence-electron chi connectivity index (χ2n) is 14.4. The Morgan fingerprint density at radius 2 is 2.04 bits per heavy atom. The molecule has 0 radical (unpaired) electrons. The van der Waals surface area contributed by atoms with Crippen molar-refractivity contribution in [2.24, 2.45) is 0 Å². The molecule has 11 nitrogen and oxygen atoms in total. The van der Waals surface area contributed by atoms with Crippen LogP contribution in [0.3, 0.4) is 0 Å². The zero-order valence-corrected chi connectivity index (χ0v) is 27.2. The van der Waals surface area contributed by atoms with Crippen LogP contribution in [0.4, 0.5) is 14.6 Å². The third kappa shape index (κ3) is 4.83. The lowest BCUT2D eigenvalue weighted by atomic mass is 9.89. The number of piperidine rings is 1. The van der Waals surface area contributed by atoms with E-state index in [0.717, 1.165) is 72.7 Å². The van der Waals surface area contributed by atoms with Crippen LogP contribution in [0.15, 0.2) is 18.5 Å². The van der Waals surface area contributed by atoms with E-state index in [1.807, 2.05) is 7.05 Å². The first-order chi connectivity index (χ1) is 23.4. The third-order valence-corrected chi connectivity index (χ3v) is 11.6. The highest BCUT2D eigenvalue weighted by atomic mass is 19.1. The molecule has 4 atom stereocenters. The fourth-order valence-corrected chi connectivity index (χ4v) is 9.16. The van der Waals surface area contributed by atoms with E-state index in [2.05, 4.69) is 26.1 Å². The predicted molar refractivity (Wildman–Crippen MR) is 175 cm³/mol. The standard InChI is InChI=1S/C35H40F2N8O3/c1-43-23-4-2-9-44(17-23)33-25-14-38-32(30(37)31(25)40-34(41-33)48-19-35-8-3-10-45(35)16-22(36)13-35)29-24-15-39-42-26(24)12-21-6-5-20(28(21)29)7-11-47-18-27(43)46/h12,14-15,20,22-23H,2-11,13,16-19H2,1H3,(H,39,42)/t20-,22-,23-,35+/m1/s1. The maximum atomic E-state index is 17.2. The van der Waals surface area contributed by atoms with Crippen molar-refractivity contribution < 1.29 is 23.0 Å². The Labute approximate surface area is 277 Å². The average molecular weight is 659 g/mol. The second kappa shape index (κ2) is 11.6. The van der Waals surface area contributed by atoms with Crippen LogP contribution in [-0.2, 0) is 16.0 Å². The number of carbonyl (C=O) groups excluding carboxylic acids is 1. The summed E-state index contributed by atoms with van der Waals surface area (Å²) in [5.74, 6) is 0.0446. The van der Waals surface area contributed by atoms with Crippen molar-refractivity contribution in [3.05, 3.63) is 35.4 Å². The van der Waals surface area contributed by atoms with Crippen molar-refractivity contribution in [3.63, 3.8) is 0 Å². The van der Waals surface area contributed by atoms with Crippen molar-refractivity contribution in [2.75, 3.05) is 57.9 Å². The number of anilines is 1. The van der Waals surface area contributed by atoms with E-state index in [4.69, 9.17) is 24.4 Å². The number of H-pyrrole nitrogens is 1. The number of aromatic nitrogens is 5. The summed E-state index contributed by atoms with van der Waals surface area (Å²) in [6.45, 7) is 3.12. The van der Waals surface area contributed by atoms with Gasteiger partial charge in [0.25, 0.3) is 0 Å². The van der Waals surface area contributed by atoms with Gasteiger partial charge in [-0.1, -0.05) is 0 Å². The summed E-state index contributed by atoms with van der Waals surface area (Å²) in [6.07, 6.45) is 8.88. The van der Waals surface area contributed by atoms with Crippen LogP contribution in [0.5, 0.6) is 6.01 Å². The number of halogens is 2. The fraction of sp³-hybridized carbons (Fsp3) is 0.571. The van der Waals surface area contributed by atoms with Gasteiger partial charge in [0, 0.05) is 62.9 Å². The maximum Gasteiger partial charge on any atom is 0.319 e. The molecule has 1 amide bonds. The fourth-order valence-electron chi connectivity index (χ4n) is 9.16. The largest absolute Gasteiger partial charge is 0.461 e. The summed E-state index contributed by atoms with van der Waals surface area (Å²) in [6, 6.07) is 2.11. The molecule has 5 aliphatic heterocycles. The molecule has 252 valence electrons. The number of amides is 1. The van der Waals surface area contributed by atoms with Crippen molar-refractivity contribution >= 4 is 33.5 Å². The van der Waals surface area contributed by atoms with Gasteiger partial charge in [0.1, 0.15) is 36.4 Å². The minimum Gasteiger partial charge on any atom is -0.461 e. The molecule has 13 heteroatoms. The Morgan fingerprint density at radius 1 is 1.12 bits per heavy atom. The van der Waals surface area contributed by atoms with Crippen molar-refractivity contribution in [2.45, 2.75) is 75.0 Å². The van der Waals surface area contributed by atoms with Gasteiger partial charge in [-0.25, -0.2) is 8.78 Å². The van der Waals surface area contributed by atoms with Crippen LogP contribution in [0.25, 0.3) is 33.1 Å². The first kappa shape index (κ1) is 30.1. The summed E-state index contributed by atoms with van der Waals surface area (Å²) in [7, 11) is 1.83. The molecule has 4 aromatic rings. The summed E-state index contributed by atoms with van der Waals surface area (Å²) >= 11 is 0. The molecular weight excluding hydrogens is 618 g/mol. The minimum atomic E-state index is -0.893. The summed E-state index contributed by atoms with van der Waals surface area (Å²) < 4.78 is 44.1. The highest BCUT2D eigenvalue weighted by Crippen LogP contribution is 2.47. The Bertz CT molecular complexity index is 1920. The first-order valence-corrected chi connectivity index (χ1v) is 17.3. The second-order valence-corrected chi connectivity index (χ2v) is 14.4. The zero-order valence-electron chi connectivity index (χ0n) is 27.2. The van der Waals surface area contributed by atoms with Gasteiger partial charge in [0.05, 0.1) is 22.6 Å². The van der Waals surface area contributed by atoms with Crippen LogP contribution in [0, 0.1) is 5.82 Å². The van der Waals surface area contributed by atoms with E-state index in [0.29, 0.717) is 50.3 Å². The summed E-state index contributed by atoms with van der Waals surface area (Å²) in [5.41, 5.74) is 3.70. The number of fused-ring (bicyclic) bond motifs is 8. The normalized spacial score (nSPS) is 27.7. The number of carbonyl (C=O) groups is 1. The van der Waals surface area contributed by atoms with Gasteiger partial charge in [-0.2, -0.15) is 15.1 Å². The van der Waals surface area contributed by atoms with E-state index >= 15 is 4.39 Å². The molecule has 1 aliphatic carbocycles. The van der Waals surface area contributed by atoms with Gasteiger partial charge in [-0.15, -0.1) is 0 Å². The van der Waals surface area contributed by atoms with Gasteiger partial charge in [0.15, 0.2) is 5.82 Å². The summed E-state index contributed by atoms with van der Waals surface area (Å²) in [4.78, 5) is 33.8. The van der Waals surface area contributed by atoms with Crippen molar-refractivity contribution in [1.82, 2.24) is 34.9 Å². The number of rotatable bonds is 3. The molecule has 8 heterocycles. The van der Waals surface area contributed by atoms with Gasteiger partial charge in [0.2, 0.25) is 5.91 Å². The molecule has 3 aromatic heterocycles. The molecule has 0 saturated carbocycles. The number of aromatic amines is 1. The van der Waals surface area contributed by atoms with Crippen LogP contribution < -0.4 is 9.64 Å². The molecule has 10 rings (SSSR count). The van der Waals surface area contributed by atoms with Gasteiger partial charge >= 0.3 is 6.01 Å². The highest BCUT2D eigenvalue weighted by molar-refractivity contribution is 6.00. The van der Waals surface area contributed by atoms with Gasteiger partial charge in [-0.3, -0.25) is 19.8 Å². The minimum absolute atomic E-state index is 0.0164. The smallest absolute Gasteiger partial charge is 0.319 e. The number of ether oxygens (including phenoxy) is 2. The predicted octanol–water partition coefficient (Wildman–Crippen LogP) is 4.54. The quantitative estimate of drug-likeness (QED) is 0.339. The average Bonchev–Trinajstić information content (AvgIpc) is 3.88. The zero-order chi connectivity index (χ0) is 32.6. The van der Waals surface area contributed by atoms with E-state index in [1.54, 1.807) is 17.3 Å². The Hall–Kier alpha value is -3.97. The SMILES string of the molecule is CN1C(=O)COCC[C@H]2CCc3cc4[nH]ncc4c(c32)-c2ncc3c(nc(OC[C@@]45CCCN4C[C@H](F)C5)nc3c2F)N2CCC[C@@H]1C2. The lowest BCUT2D eigenvalue weighted by Crippen LogP contribution is -2.49. The number of hydrogen-bond acceptors (Lipinski definition) is 9. The number of likely N-dealkylation sites (N-methyl/N-ethyl adjacent to an activating group) is 1. The molecule has 1 aromatic carbocycles. The van der Waals surface area contributed by atoms with E-state index in [-0.39, 0.29) is 48.3 Å². The molecule has 48 heavy (non-hydrogen) atoms. The maximum absolute atomic E-state index is 17.2. The number of hydrogen-bond donors (Lipinski definition) is 1. The Kier molecular flexibility index (Phi) is 7.26. The molecular formula is C35H40F2N8O3. The number of benzene rings is 1. The molecule has 3 saturated heterocycles. The van der Waals surface area contributed by atoms with Gasteiger partial charge in [-0.05, 0) is 74.6 Å². The molecule has 0 spiro atoms. The third-order valence-electron chi connectivity index (χ3n) is 11.6. The lowest BCUT2D eigenvalue weighted by Gasteiger charge is -2.38. The monoisotopic (exact) mass is 658 g/mol. The topological polar surface area (TPSA) is 113 Å². The van der Waals surface area contributed by atoms with Gasteiger partial charge < -0.3 is 19.3 Å². The molecule has 3 fully saturated rings. The molecule has 6 aliphatic rings. The lowest BCUT2D eigenvalue weighted by molar-refractivity contribution is -0.137. The highest BCUT2D eigenvalue weighted by Gasteiger charge is 2.49. The number of nitrogens with one attached hydrogen (secondary N) is 1. The Balaban J connectivity index is 1.21. The van der Waals surface area contributed by atoms with E-state index < -0.39 is 17.5 Å². The Morgan fingerprint density at radius 3 is 2.96 bits per heavy atom. The number of aryl methyl sites for hydroxylation is 1. The molecule has 1 N–H and O–H groups in total. The van der Waals surface area contributed by atoms with Crippen LogP contribution >= 0.6 is 0 Å². The first-order valence-electron chi connectivity index (χ1n) is 17.3. The van der Waals surface area contributed by atoms with E-state index in [1.165, 1.54) is 0 Å². The van der Waals surface area contributed by atoms with Crippen LogP contribution in [0.2, 0.25) is 0 Å². The van der Waals surface area contributed by atoms with E-state index in [9.17, 15) is 9.18 Å². The van der Waals surface area contributed by atoms with Crippen LogP contribution in [0.1, 0.15) is 62.0 Å². The summed E-state index contributed by atoms with van der Waals surface area (Å²) in [5, 5.41) is 8.68. The molecule has 6 bridgehead atoms. The van der Waals surface area contributed by atoms with Crippen molar-refractivity contribution in [3.8, 4) is 17.3 Å². The number of nitrogens with zero attached hydrogens (tertiary/aromatic N) is 7. The van der Waals surface area contributed by atoms with Crippen LogP contribution in [-0.4, -0.2) is 112 Å². The number of pyridine rings is 1. The van der Waals surface area contributed by atoms with Crippen molar-refractivity contribution in [1.29, 1.82) is 0 Å².